The van der Waals surface area contributed by atoms with E-state index in [-0.39, 0.29) is 15.6 Å². The van der Waals surface area contributed by atoms with Gasteiger partial charge in [0.2, 0.25) is 10.0 Å². The molecule has 3 rings (SSSR count). The lowest BCUT2D eigenvalue weighted by Crippen LogP contribution is -2.32. The smallest absolute Gasteiger partial charge is 0.222 e. The van der Waals surface area contributed by atoms with E-state index in [0.717, 1.165) is 16.9 Å². The van der Waals surface area contributed by atoms with Crippen molar-refractivity contribution in [2.24, 2.45) is 0 Å². The molecule has 0 aliphatic heterocycles. The first kappa shape index (κ1) is 21.7. The number of benzene rings is 2. The first-order valence-corrected chi connectivity index (χ1v) is 12.9. The Morgan fingerprint density at radius 1 is 0.897 bits per heavy atom. The molecule has 0 bridgehead atoms. The van der Waals surface area contributed by atoms with Crippen molar-refractivity contribution in [3.05, 3.63) is 82.2 Å². The summed E-state index contributed by atoms with van der Waals surface area (Å²) >= 11 is 1.12. The van der Waals surface area contributed by atoms with Gasteiger partial charge in [0.25, 0.3) is 0 Å². The standard InChI is InChI=1S/C21H23NO4S3/c1-15-12-16(2)21(17(3)13-15)29(25,26)22-14-19(18-8-5-4-6-9-18)28(23,24)20-10-7-11-27-20/h4-13,19,22H,14H2,1-3H3/t19-/m1/s1. The fourth-order valence-corrected chi connectivity index (χ4v) is 7.96. The summed E-state index contributed by atoms with van der Waals surface area (Å²) in [5.41, 5.74) is 2.78. The van der Waals surface area contributed by atoms with Crippen LogP contribution in [0.5, 0.6) is 0 Å². The molecule has 0 spiro atoms. The van der Waals surface area contributed by atoms with Crippen LogP contribution in [0.25, 0.3) is 0 Å². The normalized spacial score (nSPS) is 13.3. The van der Waals surface area contributed by atoms with Crippen LogP contribution in [0.1, 0.15) is 27.5 Å². The Morgan fingerprint density at radius 2 is 1.52 bits per heavy atom. The highest BCUT2D eigenvalue weighted by molar-refractivity contribution is 7.93. The minimum absolute atomic E-state index is 0.198. The molecule has 2 aromatic carbocycles. The second kappa shape index (κ2) is 8.39. The fraction of sp³-hybridized carbons (Fsp3) is 0.238. The highest BCUT2D eigenvalue weighted by atomic mass is 32.2. The first-order chi connectivity index (χ1) is 13.6. The van der Waals surface area contributed by atoms with E-state index in [2.05, 4.69) is 4.72 Å². The molecule has 5 nitrogen and oxygen atoms in total. The highest BCUT2D eigenvalue weighted by Gasteiger charge is 2.32. The second-order valence-corrected chi connectivity index (χ2v) is 12.0. The molecule has 29 heavy (non-hydrogen) atoms. The zero-order valence-corrected chi connectivity index (χ0v) is 18.9. The summed E-state index contributed by atoms with van der Waals surface area (Å²) in [5, 5.41) is 0.668. The molecular weight excluding hydrogens is 426 g/mol. The molecule has 1 N–H and O–H groups in total. The van der Waals surface area contributed by atoms with Gasteiger partial charge in [-0.15, -0.1) is 11.3 Å². The molecule has 0 saturated carbocycles. The zero-order chi connectivity index (χ0) is 21.2. The van der Waals surface area contributed by atoms with Crippen LogP contribution in [0.15, 0.2) is 69.1 Å². The molecule has 0 fully saturated rings. The number of hydrogen-bond donors (Lipinski definition) is 1. The molecule has 0 aliphatic rings. The molecular formula is C21H23NO4S3. The van der Waals surface area contributed by atoms with E-state index in [1.807, 2.05) is 6.92 Å². The van der Waals surface area contributed by atoms with Gasteiger partial charge in [0.05, 0.1) is 4.90 Å². The zero-order valence-electron chi connectivity index (χ0n) is 16.4. The summed E-state index contributed by atoms with van der Waals surface area (Å²) in [4.78, 5) is 0.198. The third kappa shape index (κ3) is 4.61. The number of nitrogens with one attached hydrogen (secondary N) is 1. The predicted octanol–water partition coefficient (Wildman–Crippen LogP) is 4.17. The summed E-state index contributed by atoms with van der Waals surface area (Å²) in [5.74, 6) is 0. The largest absolute Gasteiger partial charge is 0.241 e. The quantitative estimate of drug-likeness (QED) is 0.587. The predicted molar refractivity (Wildman–Crippen MR) is 117 cm³/mol. The number of thiophene rings is 1. The minimum atomic E-state index is -3.88. The molecule has 3 aromatic rings. The van der Waals surface area contributed by atoms with Crippen molar-refractivity contribution in [2.45, 2.75) is 35.1 Å². The lowest BCUT2D eigenvalue weighted by Gasteiger charge is -2.19. The van der Waals surface area contributed by atoms with Gasteiger partial charge in [0, 0.05) is 6.54 Å². The van der Waals surface area contributed by atoms with Gasteiger partial charge >= 0.3 is 0 Å². The van der Waals surface area contributed by atoms with Crippen LogP contribution in [0, 0.1) is 20.8 Å². The number of rotatable bonds is 7. The second-order valence-electron chi connectivity index (χ2n) is 6.96. The summed E-state index contributed by atoms with van der Waals surface area (Å²) in [6.07, 6.45) is 0. The molecule has 1 atom stereocenters. The van der Waals surface area contributed by atoms with Crippen LogP contribution in [-0.2, 0) is 19.9 Å². The summed E-state index contributed by atoms with van der Waals surface area (Å²) in [7, 11) is -7.63. The first-order valence-electron chi connectivity index (χ1n) is 9.03. The Hall–Kier alpha value is -2.00. The van der Waals surface area contributed by atoms with Crippen LogP contribution in [0.2, 0.25) is 0 Å². The molecule has 1 aromatic heterocycles. The van der Waals surface area contributed by atoms with Crippen molar-refractivity contribution >= 4 is 31.2 Å². The van der Waals surface area contributed by atoms with E-state index in [1.165, 1.54) is 0 Å². The summed E-state index contributed by atoms with van der Waals surface area (Å²) < 4.78 is 55.2. The van der Waals surface area contributed by atoms with Crippen LogP contribution < -0.4 is 4.72 Å². The van der Waals surface area contributed by atoms with E-state index >= 15 is 0 Å². The molecule has 0 saturated heterocycles. The molecule has 0 amide bonds. The minimum Gasteiger partial charge on any atom is -0.222 e. The van der Waals surface area contributed by atoms with Gasteiger partial charge in [0.15, 0.2) is 9.84 Å². The lowest BCUT2D eigenvalue weighted by molar-refractivity contribution is 0.569. The number of sulfone groups is 1. The van der Waals surface area contributed by atoms with Crippen LogP contribution >= 0.6 is 11.3 Å². The van der Waals surface area contributed by atoms with Crippen molar-refractivity contribution < 1.29 is 16.8 Å². The van der Waals surface area contributed by atoms with Gasteiger partial charge in [-0.2, -0.15) is 0 Å². The number of hydrogen-bond acceptors (Lipinski definition) is 5. The molecule has 0 radical (unpaired) electrons. The lowest BCUT2D eigenvalue weighted by atomic mass is 10.1. The number of aryl methyl sites for hydroxylation is 3. The molecule has 154 valence electrons. The van der Waals surface area contributed by atoms with E-state index in [9.17, 15) is 16.8 Å². The molecule has 8 heteroatoms. The highest BCUT2D eigenvalue weighted by Crippen LogP contribution is 2.32. The van der Waals surface area contributed by atoms with Crippen molar-refractivity contribution in [3.8, 4) is 0 Å². The fourth-order valence-electron chi connectivity index (χ4n) is 3.49. The maximum atomic E-state index is 13.2. The Morgan fingerprint density at radius 3 is 2.07 bits per heavy atom. The van der Waals surface area contributed by atoms with Gasteiger partial charge in [-0.05, 0) is 48.9 Å². The summed E-state index contributed by atoms with van der Waals surface area (Å²) in [6, 6.07) is 15.5. The van der Waals surface area contributed by atoms with Crippen molar-refractivity contribution in [2.75, 3.05) is 6.54 Å². The SMILES string of the molecule is Cc1cc(C)c(S(=O)(=O)NC[C@H](c2ccccc2)S(=O)(=O)c2cccs2)c(C)c1. The average Bonchev–Trinajstić information content (AvgIpc) is 3.17. The van der Waals surface area contributed by atoms with Crippen molar-refractivity contribution in [3.63, 3.8) is 0 Å². The third-order valence-electron chi connectivity index (χ3n) is 4.65. The maximum absolute atomic E-state index is 13.2. The molecule has 0 unspecified atom stereocenters. The van der Waals surface area contributed by atoms with E-state index in [1.54, 1.807) is 73.8 Å². The topological polar surface area (TPSA) is 80.3 Å². The van der Waals surface area contributed by atoms with Crippen LogP contribution in [-0.4, -0.2) is 23.4 Å². The van der Waals surface area contributed by atoms with Gasteiger partial charge in [-0.25, -0.2) is 21.6 Å². The van der Waals surface area contributed by atoms with Crippen LogP contribution in [0.4, 0.5) is 0 Å². The van der Waals surface area contributed by atoms with Crippen LogP contribution in [0.3, 0.4) is 0 Å². The van der Waals surface area contributed by atoms with E-state index < -0.39 is 25.1 Å². The van der Waals surface area contributed by atoms with E-state index in [0.29, 0.717) is 16.7 Å². The Balaban J connectivity index is 1.98. The average molecular weight is 450 g/mol. The van der Waals surface area contributed by atoms with Crippen molar-refractivity contribution in [1.29, 1.82) is 0 Å². The summed E-state index contributed by atoms with van der Waals surface area (Å²) in [6.45, 7) is 5.14. The maximum Gasteiger partial charge on any atom is 0.241 e. The molecule has 1 heterocycles. The Bertz CT molecular complexity index is 1180. The van der Waals surface area contributed by atoms with Gasteiger partial charge in [-0.3, -0.25) is 0 Å². The monoisotopic (exact) mass is 449 g/mol. The van der Waals surface area contributed by atoms with Crippen molar-refractivity contribution in [1.82, 2.24) is 4.72 Å². The van der Waals surface area contributed by atoms with E-state index in [4.69, 9.17) is 0 Å². The van der Waals surface area contributed by atoms with Gasteiger partial charge in [-0.1, -0.05) is 54.1 Å². The Labute approximate surface area is 176 Å². The Kier molecular flexibility index (Phi) is 6.28. The van der Waals surface area contributed by atoms with Gasteiger partial charge in [0.1, 0.15) is 9.46 Å². The molecule has 0 aliphatic carbocycles. The number of sulfonamides is 1. The third-order valence-corrected chi connectivity index (χ3v) is 9.91. The van der Waals surface area contributed by atoms with Gasteiger partial charge < -0.3 is 0 Å².